The van der Waals surface area contributed by atoms with Crippen LogP contribution in [0.2, 0.25) is 0 Å². The summed E-state index contributed by atoms with van der Waals surface area (Å²) in [4.78, 5) is 31.9. The minimum atomic E-state index is -0.281. The predicted molar refractivity (Wildman–Crippen MR) is 115 cm³/mol. The highest BCUT2D eigenvalue weighted by atomic mass is 32.2. The van der Waals surface area contributed by atoms with Crippen molar-refractivity contribution in [1.82, 2.24) is 15.2 Å². The van der Waals surface area contributed by atoms with Crippen molar-refractivity contribution in [2.24, 2.45) is 5.92 Å². The van der Waals surface area contributed by atoms with E-state index in [1.54, 1.807) is 24.4 Å². The van der Waals surface area contributed by atoms with Crippen molar-refractivity contribution in [3.05, 3.63) is 54.0 Å². The number of piperidine rings is 1. The molecule has 2 heterocycles. The maximum atomic E-state index is 12.9. The van der Waals surface area contributed by atoms with Crippen LogP contribution in [-0.2, 0) is 4.79 Å². The van der Waals surface area contributed by atoms with Gasteiger partial charge in [-0.1, -0.05) is 0 Å². The van der Waals surface area contributed by atoms with Gasteiger partial charge in [-0.25, -0.2) is 9.37 Å². The van der Waals surface area contributed by atoms with E-state index in [4.69, 9.17) is 0 Å². The van der Waals surface area contributed by atoms with E-state index >= 15 is 0 Å². The van der Waals surface area contributed by atoms with Crippen molar-refractivity contribution in [3.8, 4) is 0 Å². The summed E-state index contributed by atoms with van der Waals surface area (Å²) in [6, 6.07) is 9.74. The molecule has 1 aromatic carbocycles. The molecule has 0 atom stereocenters. The lowest BCUT2D eigenvalue weighted by molar-refractivity contribution is -0.118. The van der Waals surface area contributed by atoms with Crippen LogP contribution in [-0.4, -0.2) is 53.3 Å². The number of benzene rings is 1. The van der Waals surface area contributed by atoms with E-state index in [9.17, 15) is 14.0 Å². The van der Waals surface area contributed by atoms with Gasteiger partial charge in [0, 0.05) is 30.7 Å². The van der Waals surface area contributed by atoms with Crippen LogP contribution >= 0.6 is 23.5 Å². The summed E-state index contributed by atoms with van der Waals surface area (Å²) in [5, 5.41) is 3.73. The summed E-state index contributed by atoms with van der Waals surface area (Å²) < 4.78 is 12.9. The first-order valence-electron chi connectivity index (χ1n) is 9.50. The molecule has 0 bridgehead atoms. The molecule has 29 heavy (non-hydrogen) atoms. The smallest absolute Gasteiger partial charge is 0.256 e. The largest absolute Gasteiger partial charge is 0.355 e. The second kappa shape index (κ2) is 10.6. The third-order valence-electron chi connectivity index (χ3n) is 4.87. The first kappa shape index (κ1) is 21.6. The van der Waals surface area contributed by atoms with Gasteiger partial charge in [-0.05, 0) is 61.4 Å². The Kier molecular flexibility index (Phi) is 7.94. The summed E-state index contributed by atoms with van der Waals surface area (Å²) in [7, 11) is 0. The SMILES string of the molecule is CSc1ncccc1C(=O)N1CCC(CNC(=O)CSc2ccc(F)cc2)CC1. The average Bonchev–Trinajstić information content (AvgIpc) is 2.77. The van der Waals surface area contributed by atoms with Crippen molar-refractivity contribution in [3.63, 3.8) is 0 Å². The number of hydrogen-bond acceptors (Lipinski definition) is 5. The fourth-order valence-corrected chi connectivity index (χ4v) is 4.49. The van der Waals surface area contributed by atoms with Gasteiger partial charge in [0.15, 0.2) is 0 Å². The van der Waals surface area contributed by atoms with E-state index in [-0.39, 0.29) is 17.6 Å². The van der Waals surface area contributed by atoms with Gasteiger partial charge < -0.3 is 10.2 Å². The Hall–Kier alpha value is -2.06. The Morgan fingerprint density at radius 2 is 1.93 bits per heavy atom. The predicted octanol–water partition coefficient (Wildman–Crippen LogP) is 3.70. The van der Waals surface area contributed by atoms with Gasteiger partial charge >= 0.3 is 0 Å². The van der Waals surface area contributed by atoms with Crippen LogP contribution in [0.25, 0.3) is 0 Å². The molecule has 2 amide bonds. The Labute approximate surface area is 178 Å². The van der Waals surface area contributed by atoms with Gasteiger partial charge in [0.25, 0.3) is 5.91 Å². The number of carbonyl (C=O) groups excluding carboxylic acids is 2. The minimum Gasteiger partial charge on any atom is -0.355 e. The highest BCUT2D eigenvalue weighted by Crippen LogP contribution is 2.23. The lowest BCUT2D eigenvalue weighted by Crippen LogP contribution is -2.42. The van der Waals surface area contributed by atoms with Crippen LogP contribution in [0.5, 0.6) is 0 Å². The minimum absolute atomic E-state index is 0.0284. The number of nitrogens with zero attached hydrogens (tertiary/aromatic N) is 2. The molecule has 8 heteroatoms. The summed E-state index contributed by atoms with van der Waals surface area (Å²) >= 11 is 2.87. The second-order valence-electron chi connectivity index (χ2n) is 6.84. The number of carbonyl (C=O) groups is 2. The molecular formula is C21H24FN3O2S2. The molecule has 0 saturated carbocycles. The zero-order valence-electron chi connectivity index (χ0n) is 16.3. The summed E-state index contributed by atoms with van der Waals surface area (Å²) in [6.07, 6.45) is 5.35. The molecule has 5 nitrogen and oxygen atoms in total. The fraction of sp³-hybridized carbons (Fsp3) is 0.381. The van der Waals surface area contributed by atoms with Crippen LogP contribution in [0.4, 0.5) is 4.39 Å². The molecule has 1 saturated heterocycles. The normalized spacial score (nSPS) is 14.6. The Morgan fingerprint density at radius 3 is 2.62 bits per heavy atom. The van der Waals surface area contributed by atoms with Crippen molar-refractivity contribution in [1.29, 1.82) is 0 Å². The van der Waals surface area contributed by atoms with Crippen molar-refractivity contribution < 1.29 is 14.0 Å². The molecule has 0 unspecified atom stereocenters. The summed E-state index contributed by atoms with van der Waals surface area (Å²) in [5.41, 5.74) is 0.657. The van der Waals surface area contributed by atoms with Gasteiger partial charge in [0.1, 0.15) is 10.8 Å². The first-order chi connectivity index (χ1) is 14.1. The number of thioether (sulfide) groups is 2. The van der Waals surface area contributed by atoms with Crippen LogP contribution < -0.4 is 5.32 Å². The Bertz CT molecular complexity index is 840. The summed E-state index contributed by atoms with van der Waals surface area (Å²) in [5.74, 6) is 0.393. The van der Waals surface area contributed by atoms with E-state index in [2.05, 4.69) is 10.3 Å². The van der Waals surface area contributed by atoms with Crippen molar-refractivity contribution >= 4 is 35.3 Å². The zero-order chi connectivity index (χ0) is 20.6. The van der Waals surface area contributed by atoms with Crippen LogP contribution in [0.15, 0.2) is 52.5 Å². The zero-order valence-corrected chi connectivity index (χ0v) is 17.9. The molecular weight excluding hydrogens is 409 g/mol. The number of hydrogen-bond donors (Lipinski definition) is 1. The maximum absolute atomic E-state index is 12.9. The Morgan fingerprint density at radius 1 is 1.21 bits per heavy atom. The standard InChI is InChI=1S/C21H24FN3O2S2/c1-28-20-18(3-2-10-23-20)21(27)25-11-8-15(9-12-25)13-24-19(26)14-29-17-6-4-16(22)5-7-17/h2-7,10,15H,8-9,11-14H2,1H3,(H,24,26). The van der Waals surface area contributed by atoms with Gasteiger partial charge in [-0.3, -0.25) is 9.59 Å². The number of amides is 2. The molecule has 0 aliphatic carbocycles. The average molecular weight is 434 g/mol. The monoisotopic (exact) mass is 433 g/mol. The van der Waals surface area contributed by atoms with Crippen LogP contribution in [0.1, 0.15) is 23.2 Å². The molecule has 3 rings (SSSR count). The van der Waals surface area contributed by atoms with Crippen molar-refractivity contribution in [2.75, 3.05) is 31.6 Å². The van der Waals surface area contributed by atoms with Crippen molar-refractivity contribution in [2.45, 2.75) is 22.8 Å². The number of rotatable bonds is 7. The number of aromatic nitrogens is 1. The molecule has 1 aromatic heterocycles. The lowest BCUT2D eigenvalue weighted by atomic mass is 9.96. The summed E-state index contributed by atoms with van der Waals surface area (Å²) in [6.45, 7) is 1.99. The third-order valence-corrected chi connectivity index (χ3v) is 6.59. The van der Waals surface area contributed by atoms with Crippen LogP contribution in [0.3, 0.4) is 0 Å². The second-order valence-corrected chi connectivity index (χ2v) is 8.69. The molecule has 1 aliphatic heterocycles. The molecule has 1 fully saturated rings. The van der Waals surface area contributed by atoms with E-state index < -0.39 is 0 Å². The molecule has 2 aromatic rings. The third kappa shape index (κ3) is 6.21. The molecule has 154 valence electrons. The first-order valence-corrected chi connectivity index (χ1v) is 11.7. The molecule has 0 spiro atoms. The van der Waals surface area contributed by atoms with E-state index in [1.165, 1.54) is 35.7 Å². The van der Waals surface area contributed by atoms with Crippen LogP contribution in [0, 0.1) is 11.7 Å². The topological polar surface area (TPSA) is 62.3 Å². The van der Waals surface area contributed by atoms with Gasteiger partial charge in [0.05, 0.1) is 11.3 Å². The number of halogens is 1. The fourth-order valence-electron chi connectivity index (χ4n) is 3.22. The quantitative estimate of drug-likeness (QED) is 0.675. The molecule has 1 aliphatic rings. The number of pyridine rings is 1. The van der Waals surface area contributed by atoms with Gasteiger partial charge in [-0.2, -0.15) is 0 Å². The molecule has 1 N–H and O–H groups in total. The van der Waals surface area contributed by atoms with E-state index in [0.717, 1.165) is 22.8 Å². The maximum Gasteiger partial charge on any atom is 0.256 e. The highest BCUT2D eigenvalue weighted by Gasteiger charge is 2.25. The molecule has 0 radical (unpaired) electrons. The number of nitrogens with one attached hydrogen (secondary N) is 1. The van der Waals surface area contributed by atoms with E-state index in [0.29, 0.717) is 36.9 Å². The van der Waals surface area contributed by atoms with Gasteiger partial charge in [0.2, 0.25) is 5.91 Å². The highest BCUT2D eigenvalue weighted by molar-refractivity contribution is 8.00. The Balaban J connectivity index is 1.40. The van der Waals surface area contributed by atoms with E-state index in [1.807, 2.05) is 17.2 Å². The number of likely N-dealkylation sites (tertiary alicyclic amines) is 1. The van der Waals surface area contributed by atoms with Gasteiger partial charge in [-0.15, -0.1) is 23.5 Å². The lowest BCUT2D eigenvalue weighted by Gasteiger charge is -2.32.